The summed E-state index contributed by atoms with van der Waals surface area (Å²) >= 11 is 0. The van der Waals surface area contributed by atoms with Crippen molar-refractivity contribution in [1.82, 2.24) is 4.98 Å². The highest BCUT2D eigenvalue weighted by molar-refractivity contribution is 5.40. The maximum absolute atomic E-state index is 9.23. The number of hydrogen-bond donors (Lipinski definition) is 1. The van der Waals surface area contributed by atoms with Crippen molar-refractivity contribution >= 4 is 0 Å². The smallest absolute Gasteiger partial charge is 0.224 e. The van der Waals surface area contributed by atoms with Crippen molar-refractivity contribution in [2.75, 3.05) is 0 Å². The first-order chi connectivity index (χ1) is 8.86. The van der Waals surface area contributed by atoms with Crippen LogP contribution in [0.3, 0.4) is 0 Å². The van der Waals surface area contributed by atoms with Crippen LogP contribution in [0.1, 0.15) is 23.1 Å². The number of aliphatic hydroxyl groups excluding tert-OH is 1. The summed E-state index contributed by atoms with van der Waals surface area (Å²) in [6, 6.07) is 9.79. The lowest BCUT2D eigenvalue weighted by molar-refractivity contribution is 0.275. The molecule has 2 aromatic rings. The van der Waals surface area contributed by atoms with Crippen LogP contribution in [0.5, 0.6) is 11.6 Å². The van der Waals surface area contributed by atoms with Gasteiger partial charge in [-0.05, 0) is 54.7 Å². The zero-order valence-electron chi connectivity index (χ0n) is 10.1. The monoisotopic (exact) mass is 241 g/mol. The van der Waals surface area contributed by atoms with Crippen LogP contribution in [-0.2, 0) is 19.4 Å². The standard InChI is InChI=1S/C15H15NO2/c17-10-13-5-2-8-16-15(13)18-14-7-6-11-3-1-4-12(11)9-14/h2,5-9,17H,1,3-4,10H2. The number of fused-ring (bicyclic) bond motifs is 1. The molecule has 1 aromatic carbocycles. The summed E-state index contributed by atoms with van der Waals surface area (Å²) in [4.78, 5) is 4.16. The van der Waals surface area contributed by atoms with Gasteiger partial charge < -0.3 is 9.84 Å². The first-order valence-corrected chi connectivity index (χ1v) is 6.21. The molecule has 1 aliphatic rings. The van der Waals surface area contributed by atoms with Crippen LogP contribution in [0.25, 0.3) is 0 Å². The lowest BCUT2D eigenvalue weighted by Crippen LogP contribution is -1.95. The summed E-state index contributed by atoms with van der Waals surface area (Å²) in [5, 5.41) is 9.23. The second-order valence-corrected chi connectivity index (χ2v) is 4.51. The number of aryl methyl sites for hydroxylation is 2. The fourth-order valence-electron chi connectivity index (χ4n) is 2.36. The number of benzene rings is 1. The Morgan fingerprint density at radius 3 is 2.94 bits per heavy atom. The van der Waals surface area contributed by atoms with Gasteiger partial charge in [-0.2, -0.15) is 0 Å². The average molecular weight is 241 g/mol. The van der Waals surface area contributed by atoms with Gasteiger partial charge in [0.2, 0.25) is 5.88 Å². The van der Waals surface area contributed by atoms with Crippen LogP contribution in [0.15, 0.2) is 36.5 Å². The number of nitrogens with zero attached hydrogens (tertiary/aromatic N) is 1. The van der Waals surface area contributed by atoms with Crippen LogP contribution < -0.4 is 4.74 Å². The molecule has 1 N–H and O–H groups in total. The molecule has 0 aliphatic heterocycles. The van der Waals surface area contributed by atoms with E-state index >= 15 is 0 Å². The van der Waals surface area contributed by atoms with Gasteiger partial charge in [0.25, 0.3) is 0 Å². The molecule has 3 nitrogen and oxygen atoms in total. The molecule has 0 fully saturated rings. The minimum absolute atomic E-state index is 0.0614. The highest BCUT2D eigenvalue weighted by atomic mass is 16.5. The lowest BCUT2D eigenvalue weighted by Gasteiger charge is -2.09. The number of ether oxygens (including phenoxy) is 1. The van der Waals surface area contributed by atoms with Gasteiger partial charge >= 0.3 is 0 Å². The molecule has 0 amide bonds. The van der Waals surface area contributed by atoms with E-state index in [1.807, 2.05) is 12.1 Å². The Morgan fingerprint density at radius 2 is 2.06 bits per heavy atom. The van der Waals surface area contributed by atoms with Gasteiger partial charge in [-0.3, -0.25) is 0 Å². The maximum atomic E-state index is 9.23. The predicted molar refractivity (Wildman–Crippen MR) is 68.7 cm³/mol. The Labute approximate surface area is 106 Å². The zero-order chi connectivity index (χ0) is 12.4. The molecule has 0 spiro atoms. The summed E-state index contributed by atoms with van der Waals surface area (Å²) in [6.45, 7) is -0.0614. The highest BCUT2D eigenvalue weighted by Gasteiger charge is 2.12. The van der Waals surface area contributed by atoms with Gasteiger partial charge in [-0.1, -0.05) is 6.07 Å². The Morgan fingerprint density at radius 1 is 1.17 bits per heavy atom. The Kier molecular flexibility index (Phi) is 2.99. The van der Waals surface area contributed by atoms with E-state index in [9.17, 15) is 5.11 Å². The molecule has 18 heavy (non-hydrogen) atoms. The summed E-state index contributed by atoms with van der Waals surface area (Å²) in [6.07, 6.45) is 5.19. The summed E-state index contributed by atoms with van der Waals surface area (Å²) in [7, 11) is 0. The fourth-order valence-corrected chi connectivity index (χ4v) is 2.36. The van der Waals surface area contributed by atoms with Crippen LogP contribution in [0.2, 0.25) is 0 Å². The third kappa shape index (κ3) is 2.09. The van der Waals surface area contributed by atoms with Gasteiger partial charge in [0.15, 0.2) is 0 Å². The molecule has 1 aromatic heterocycles. The second-order valence-electron chi connectivity index (χ2n) is 4.51. The highest BCUT2D eigenvalue weighted by Crippen LogP contribution is 2.29. The van der Waals surface area contributed by atoms with Crippen molar-refractivity contribution in [3.05, 3.63) is 53.2 Å². The summed E-state index contributed by atoms with van der Waals surface area (Å²) < 4.78 is 5.75. The topological polar surface area (TPSA) is 42.4 Å². The molecule has 0 bridgehead atoms. The second kappa shape index (κ2) is 4.78. The van der Waals surface area contributed by atoms with Gasteiger partial charge in [-0.25, -0.2) is 4.98 Å². The molecule has 3 heteroatoms. The van der Waals surface area contributed by atoms with Gasteiger partial charge in [0, 0.05) is 11.8 Å². The van der Waals surface area contributed by atoms with Gasteiger partial charge in [0.1, 0.15) is 5.75 Å². The van der Waals surface area contributed by atoms with E-state index in [0.717, 1.165) is 12.2 Å². The van der Waals surface area contributed by atoms with E-state index in [-0.39, 0.29) is 6.61 Å². The molecule has 0 saturated carbocycles. The molecular weight excluding hydrogens is 226 g/mol. The molecule has 0 radical (unpaired) electrons. The molecule has 0 saturated heterocycles. The SMILES string of the molecule is OCc1cccnc1Oc1ccc2c(c1)CCC2. The molecule has 3 rings (SSSR count). The first kappa shape index (κ1) is 11.2. The third-order valence-electron chi connectivity index (χ3n) is 3.30. The van der Waals surface area contributed by atoms with E-state index in [2.05, 4.69) is 17.1 Å². The first-order valence-electron chi connectivity index (χ1n) is 6.21. The van der Waals surface area contributed by atoms with Gasteiger partial charge in [0.05, 0.1) is 6.61 Å². The van der Waals surface area contributed by atoms with E-state index in [4.69, 9.17) is 4.74 Å². The van der Waals surface area contributed by atoms with Crippen LogP contribution in [-0.4, -0.2) is 10.1 Å². The Balaban J connectivity index is 1.88. The zero-order valence-corrected chi connectivity index (χ0v) is 10.1. The summed E-state index contributed by atoms with van der Waals surface area (Å²) in [5.74, 6) is 1.28. The minimum Gasteiger partial charge on any atom is -0.439 e. The van der Waals surface area contributed by atoms with Crippen molar-refractivity contribution in [3.63, 3.8) is 0 Å². The predicted octanol–water partition coefficient (Wildman–Crippen LogP) is 2.85. The van der Waals surface area contributed by atoms with E-state index < -0.39 is 0 Å². The fraction of sp³-hybridized carbons (Fsp3) is 0.267. The van der Waals surface area contributed by atoms with Gasteiger partial charge in [-0.15, -0.1) is 0 Å². The van der Waals surface area contributed by atoms with Crippen molar-refractivity contribution in [2.45, 2.75) is 25.9 Å². The number of hydrogen-bond acceptors (Lipinski definition) is 3. The molecule has 0 atom stereocenters. The molecule has 1 aliphatic carbocycles. The molecule has 92 valence electrons. The van der Waals surface area contributed by atoms with Crippen LogP contribution >= 0.6 is 0 Å². The Bertz CT molecular complexity index is 566. The van der Waals surface area contributed by atoms with Crippen molar-refractivity contribution in [2.24, 2.45) is 0 Å². The van der Waals surface area contributed by atoms with E-state index in [1.54, 1.807) is 12.3 Å². The van der Waals surface area contributed by atoms with Crippen molar-refractivity contribution in [3.8, 4) is 11.6 Å². The number of pyridine rings is 1. The number of aromatic nitrogens is 1. The van der Waals surface area contributed by atoms with Crippen LogP contribution in [0, 0.1) is 0 Å². The quantitative estimate of drug-likeness (QED) is 0.898. The minimum atomic E-state index is -0.0614. The van der Waals surface area contributed by atoms with E-state index in [0.29, 0.717) is 11.4 Å². The van der Waals surface area contributed by atoms with Crippen LogP contribution in [0.4, 0.5) is 0 Å². The maximum Gasteiger partial charge on any atom is 0.224 e. The normalized spacial score (nSPS) is 13.4. The number of rotatable bonds is 3. The Hall–Kier alpha value is -1.87. The van der Waals surface area contributed by atoms with Crippen molar-refractivity contribution in [1.29, 1.82) is 0 Å². The molecule has 0 unspecified atom stereocenters. The molecule has 1 heterocycles. The summed E-state index contributed by atoms with van der Waals surface area (Å²) in [5.41, 5.74) is 3.50. The lowest BCUT2D eigenvalue weighted by atomic mass is 10.1. The largest absolute Gasteiger partial charge is 0.439 e. The molecular formula is C15H15NO2. The van der Waals surface area contributed by atoms with E-state index in [1.165, 1.54) is 24.0 Å². The average Bonchev–Trinajstić information content (AvgIpc) is 2.87. The number of aliphatic hydroxyl groups is 1. The van der Waals surface area contributed by atoms with Crippen molar-refractivity contribution < 1.29 is 9.84 Å². The third-order valence-corrected chi connectivity index (χ3v) is 3.30.